The number of nitrogens with zero attached hydrogens (tertiary/aromatic N) is 1. The third-order valence-corrected chi connectivity index (χ3v) is 15.3. The number of aliphatic carboxylic acids is 1. The minimum Gasteiger partial charge on any atom is -0.872 e. The van der Waals surface area contributed by atoms with Crippen molar-refractivity contribution in [1.82, 2.24) is 15.3 Å². The van der Waals surface area contributed by atoms with E-state index < -0.39 is 29.5 Å². The van der Waals surface area contributed by atoms with Crippen LogP contribution in [0.1, 0.15) is 113 Å². The number of carboxylic acid groups (broad SMARTS) is 1. The van der Waals surface area contributed by atoms with E-state index in [1.807, 2.05) is 79.8 Å². The molecule has 5 aromatic rings. The number of aromatic nitrogens is 2. The number of unbranched alkanes of at least 4 members (excludes halogenated alkanes) is 4. The SMILES string of the molecule is CCCCCC1C=CC(CCCCCC(C(=O)O)C(O)CC(CNC)C2(O)CC(Cc3ccnc(N)c3)CC2Cc2cc(-c3ccccc3)c(-c3cc(O)cc([O-])c3Cc3ccccc3)[nH]2)C(O)C1. The molecule has 11 heteroatoms. The Morgan fingerprint density at radius 3 is 2.38 bits per heavy atom. The Balaban J connectivity index is 1.12. The Bertz CT molecular complexity index is 2420. The van der Waals surface area contributed by atoms with Crippen LogP contribution in [0.2, 0.25) is 0 Å². The highest BCUT2D eigenvalue weighted by Gasteiger charge is 2.51. The van der Waals surface area contributed by atoms with Crippen molar-refractivity contribution in [3.05, 3.63) is 132 Å². The maximum Gasteiger partial charge on any atom is 0.309 e. The lowest BCUT2D eigenvalue weighted by atomic mass is 9.73. The molecule has 0 saturated heterocycles. The number of benzene rings is 3. The van der Waals surface area contributed by atoms with E-state index in [-0.39, 0.29) is 41.8 Å². The molecule has 9 unspecified atom stereocenters. The van der Waals surface area contributed by atoms with Crippen LogP contribution in [-0.4, -0.2) is 72.9 Å². The van der Waals surface area contributed by atoms with E-state index in [0.717, 1.165) is 60.1 Å². The lowest BCUT2D eigenvalue weighted by molar-refractivity contribution is -0.269. The maximum absolute atomic E-state index is 13.7. The summed E-state index contributed by atoms with van der Waals surface area (Å²) in [5.41, 5.74) is 11.3. The van der Waals surface area contributed by atoms with Gasteiger partial charge >= 0.3 is 5.97 Å². The summed E-state index contributed by atoms with van der Waals surface area (Å²) in [6.07, 6.45) is 16.3. The number of nitrogens with two attached hydrogens (primary N) is 1. The Morgan fingerprint density at radius 1 is 0.913 bits per heavy atom. The highest BCUT2D eigenvalue weighted by atomic mass is 16.4. The number of aliphatic hydroxyl groups excluding tert-OH is 2. The van der Waals surface area contributed by atoms with E-state index in [0.29, 0.717) is 80.0 Å². The van der Waals surface area contributed by atoms with Crippen molar-refractivity contribution in [1.29, 1.82) is 0 Å². The largest absolute Gasteiger partial charge is 0.872 e. The van der Waals surface area contributed by atoms with Crippen LogP contribution in [0.4, 0.5) is 5.82 Å². The molecule has 9 N–H and O–H groups in total. The Labute approximate surface area is 409 Å². The van der Waals surface area contributed by atoms with Crippen LogP contribution >= 0.6 is 0 Å². The molecule has 69 heavy (non-hydrogen) atoms. The normalized spacial score (nSPS) is 22.7. The third kappa shape index (κ3) is 13.5. The number of aromatic hydroxyl groups is 1. The summed E-state index contributed by atoms with van der Waals surface area (Å²) < 4.78 is 0. The van der Waals surface area contributed by atoms with Gasteiger partial charge in [-0.2, -0.15) is 0 Å². The average molecular weight is 940 g/mol. The van der Waals surface area contributed by atoms with Gasteiger partial charge in [0.05, 0.1) is 29.4 Å². The number of phenols is 1. The van der Waals surface area contributed by atoms with Gasteiger partial charge in [0.15, 0.2) is 0 Å². The van der Waals surface area contributed by atoms with Gasteiger partial charge in [-0.1, -0.05) is 118 Å². The minimum absolute atomic E-state index is 0.0487. The zero-order valence-electron chi connectivity index (χ0n) is 40.6. The van der Waals surface area contributed by atoms with E-state index in [9.17, 15) is 35.4 Å². The number of H-pyrrole nitrogens is 1. The van der Waals surface area contributed by atoms with Crippen LogP contribution in [0, 0.1) is 35.5 Å². The molecule has 2 aliphatic rings. The number of phenolic OH excluding ortho intramolecular Hbond substituents is 1. The van der Waals surface area contributed by atoms with Crippen LogP contribution in [-0.2, 0) is 24.1 Å². The lowest BCUT2D eigenvalue weighted by Crippen LogP contribution is -2.48. The molecule has 0 bridgehead atoms. The Hall–Kier alpha value is -5.46. The molecule has 11 nitrogen and oxygen atoms in total. The predicted molar refractivity (Wildman–Crippen MR) is 272 cm³/mol. The van der Waals surface area contributed by atoms with Gasteiger partial charge in [0.1, 0.15) is 11.6 Å². The van der Waals surface area contributed by atoms with Crippen molar-refractivity contribution >= 4 is 11.8 Å². The molecule has 0 radical (unpaired) electrons. The van der Waals surface area contributed by atoms with Crippen molar-refractivity contribution in [2.75, 3.05) is 19.3 Å². The summed E-state index contributed by atoms with van der Waals surface area (Å²) in [6, 6.07) is 28.5. The van der Waals surface area contributed by atoms with Gasteiger partial charge in [0.25, 0.3) is 0 Å². The molecular formula is C58H75N4O7-. The monoisotopic (exact) mass is 940 g/mol. The summed E-state index contributed by atoms with van der Waals surface area (Å²) in [5.74, 6) is -2.18. The number of nitrogen functional groups attached to an aromatic ring is 1. The van der Waals surface area contributed by atoms with Crippen molar-refractivity contribution in [3.63, 3.8) is 0 Å². The summed E-state index contributed by atoms with van der Waals surface area (Å²) in [7, 11) is 1.82. The number of anilines is 1. The molecule has 9 atom stereocenters. The molecule has 370 valence electrons. The number of pyridine rings is 1. The number of rotatable bonds is 25. The maximum atomic E-state index is 13.7. The third-order valence-electron chi connectivity index (χ3n) is 15.3. The van der Waals surface area contributed by atoms with Crippen molar-refractivity contribution in [2.24, 2.45) is 35.5 Å². The fourth-order valence-electron chi connectivity index (χ4n) is 11.7. The highest BCUT2D eigenvalue weighted by molar-refractivity contribution is 5.85. The second-order valence-electron chi connectivity index (χ2n) is 20.3. The molecule has 0 amide bonds. The summed E-state index contributed by atoms with van der Waals surface area (Å²) >= 11 is 0. The number of aliphatic hydroxyl groups is 3. The second-order valence-corrected chi connectivity index (χ2v) is 20.3. The van der Waals surface area contributed by atoms with Crippen molar-refractivity contribution < 1.29 is 35.4 Å². The first-order chi connectivity index (χ1) is 33.3. The molecule has 2 aliphatic carbocycles. The highest BCUT2D eigenvalue weighted by Crippen LogP contribution is 2.49. The van der Waals surface area contributed by atoms with Crippen molar-refractivity contribution in [2.45, 2.75) is 127 Å². The smallest absolute Gasteiger partial charge is 0.309 e. The van der Waals surface area contributed by atoms with E-state index in [4.69, 9.17) is 5.73 Å². The van der Waals surface area contributed by atoms with Crippen molar-refractivity contribution in [3.8, 4) is 33.9 Å². The number of carbonyl (C=O) groups is 1. The number of aromatic amines is 1. The number of allylic oxidation sites excluding steroid dienone is 1. The molecule has 7 rings (SSSR count). The van der Waals surface area contributed by atoms with E-state index in [1.54, 1.807) is 12.3 Å². The summed E-state index contributed by atoms with van der Waals surface area (Å²) in [5, 5.41) is 74.4. The lowest BCUT2D eigenvalue weighted by Gasteiger charge is -2.40. The molecule has 3 aromatic carbocycles. The molecule has 2 aromatic heterocycles. The van der Waals surface area contributed by atoms with Crippen LogP contribution < -0.4 is 16.2 Å². The molecule has 1 saturated carbocycles. The van der Waals surface area contributed by atoms with Crippen LogP contribution in [0.3, 0.4) is 0 Å². The molecule has 2 heterocycles. The van der Waals surface area contributed by atoms with Gasteiger partial charge in [-0.3, -0.25) is 4.79 Å². The fourth-order valence-corrected chi connectivity index (χ4v) is 11.7. The van der Waals surface area contributed by atoms with E-state index in [2.05, 4.69) is 40.4 Å². The molecule has 1 fully saturated rings. The summed E-state index contributed by atoms with van der Waals surface area (Å²) in [4.78, 5) is 20.7. The number of hydrogen-bond donors (Lipinski definition) is 8. The van der Waals surface area contributed by atoms with Crippen LogP contribution in [0.25, 0.3) is 22.4 Å². The molecular weight excluding hydrogens is 865 g/mol. The zero-order valence-corrected chi connectivity index (χ0v) is 40.6. The van der Waals surface area contributed by atoms with Crippen LogP contribution in [0.5, 0.6) is 11.5 Å². The zero-order chi connectivity index (χ0) is 48.9. The first-order valence-electron chi connectivity index (χ1n) is 25.5. The van der Waals surface area contributed by atoms with Gasteiger partial charge < -0.3 is 46.7 Å². The summed E-state index contributed by atoms with van der Waals surface area (Å²) in [6.45, 7) is 2.57. The van der Waals surface area contributed by atoms with E-state index >= 15 is 0 Å². The number of hydrogen-bond acceptors (Lipinski definition) is 9. The van der Waals surface area contributed by atoms with Gasteiger partial charge in [-0.05, 0) is 142 Å². The topological polar surface area (TPSA) is 208 Å². The van der Waals surface area contributed by atoms with Crippen LogP contribution in [0.15, 0.2) is 109 Å². The first kappa shape index (κ1) is 51.4. The molecule has 0 aliphatic heterocycles. The number of carboxylic acids is 1. The molecule has 0 spiro atoms. The average Bonchev–Trinajstić information content (AvgIpc) is 3.89. The van der Waals surface area contributed by atoms with Gasteiger partial charge in [-0.15, -0.1) is 5.75 Å². The Kier molecular flexibility index (Phi) is 18.2. The number of nitrogens with one attached hydrogen (secondary N) is 2. The van der Waals surface area contributed by atoms with Gasteiger partial charge in [-0.25, -0.2) is 4.98 Å². The minimum atomic E-state index is -1.30. The van der Waals surface area contributed by atoms with Gasteiger partial charge in [0, 0.05) is 41.4 Å². The first-order valence-corrected chi connectivity index (χ1v) is 25.5. The fraction of sp³-hybridized carbons (Fsp3) is 0.483. The quantitative estimate of drug-likeness (QED) is 0.0205. The Morgan fingerprint density at radius 2 is 1.67 bits per heavy atom. The second kappa shape index (κ2) is 24.4. The predicted octanol–water partition coefficient (Wildman–Crippen LogP) is 9.61. The standard InChI is InChI=1S/C58H76N4O7/c1-3-4-8-15-39-22-23-43(52(64)29-39)20-13-7-14-21-48(57(67)68)53(65)32-45(37-60-2)58(69)36-41(26-40-24-25-61-55(59)30-40)27-44(58)31-46-33-49(42-18-11-6-12-19-42)56(62-46)51-34-47(63)35-54(66)50(51)28-38-16-9-5-10-17-38/h5-6,9-12,16-19,22-25,30,33-35,39,41,43-45,48,52-53,60,62-66,69H,3-4,7-8,13-15,20-21,26-29,31-32,36-37H2,1-2H3,(H2,59,61)(H,67,68)/p-1. The van der Waals surface area contributed by atoms with E-state index in [1.165, 1.54) is 25.3 Å². The van der Waals surface area contributed by atoms with Gasteiger partial charge in [0.2, 0.25) is 0 Å².